The van der Waals surface area contributed by atoms with Crippen molar-refractivity contribution in [3.63, 3.8) is 0 Å². The zero-order chi connectivity index (χ0) is 7.40. The highest BCUT2D eigenvalue weighted by atomic mass is 19.1. The number of halogens is 1. The summed E-state index contributed by atoms with van der Waals surface area (Å²) < 4.78 is 12.7. The van der Waals surface area contributed by atoms with Crippen LogP contribution < -0.4 is 11.3 Å². The molecule has 10 heavy (non-hydrogen) atoms. The highest BCUT2D eigenvalue weighted by Gasteiger charge is 2.05. The van der Waals surface area contributed by atoms with Crippen molar-refractivity contribution in [2.45, 2.75) is 12.8 Å². The minimum Gasteiger partial charge on any atom is -0.271 e. The van der Waals surface area contributed by atoms with E-state index in [2.05, 4.69) is 5.43 Å². The first-order chi connectivity index (χ1) is 4.84. The SMILES string of the molecule is NNCC1=C(F)C=CCC1. The lowest BCUT2D eigenvalue weighted by Gasteiger charge is -2.08. The topological polar surface area (TPSA) is 38.0 Å². The Hall–Kier alpha value is -0.670. The van der Waals surface area contributed by atoms with E-state index in [9.17, 15) is 4.39 Å². The van der Waals surface area contributed by atoms with Crippen LogP contribution in [0.15, 0.2) is 23.6 Å². The molecule has 0 aliphatic heterocycles. The van der Waals surface area contributed by atoms with Gasteiger partial charge in [-0.25, -0.2) is 4.39 Å². The van der Waals surface area contributed by atoms with Crippen LogP contribution in [0, 0.1) is 0 Å². The Labute approximate surface area is 59.6 Å². The molecule has 56 valence electrons. The first-order valence-electron chi connectivity index (χ1n) is 3.32. The molecule has 0 heterocycles. The highest BCUT2D eigenvalue weighted by Crippen LogP contribution is 2.18. The minimum absolute atomic E-state index is 0.135. The standard InChI is InChI=1S/C7H11FN2/c8-7-4-2-1-3-6(7)5-10-9/h2,4,10H,1,3,5,9H2. The number of allylic oxidation sites excluding steroid dienone is 3. The zero-order valence-corrected chi connectivity index (χ0v) is 5.73. The molecule has 0 spiro atoms. The normalized spacial score (nSPS) is 18.2. The van der Waals surface area contributed by atoms with E-state index in [0.717, 1.165) is 18.4 Å². The Morgan fingerprint density at radius 3 is 3.10 bits per heavy atom. The van der Waals surface area contributed by atoms with Crippen LogP contribution in [0.4, 0.5) is 4.39 Å². The van der Waals surface area contributed by atoms with Gasteiger partial charge in [-0.2, -0.15) is 0 Å². The average Bonchev–Trinajstić information content (AvgIpc) is 1.94. The number of nitrogens with two attached hydrogens (primary N) is 1. The molecule has 3 heteroatoms. The first kappa shape index (κ1) is 7.44. The first-order valence-corrected chi connectivity index (χ1v) is 3.32. The minimum atomic E-state index is -0.135. The molecule has 0 unspecified atom stereocenters. The molecule has 0 aromatic heterocycles. The summed E-state index contributed by atoms with van der Waals surface area (Å²) in [5.41, 5.74) is 3.20. The summed E-state index contributed by atoms with van der Waals surface area (Å²) in [6.45, 7) is 0.455. The summed E-state index contributed by atoms with van der Waals surface area (Å²) in [6, 6.07) is 0. The molecule has 3 N–H and O–H groups in total. The molecule has 1 aliphatic rings. The second-order valence-electron chi connectivity index (χ2n) is 2.27. The lowest BCUT2D eigenvalue weighted by molar-refractivity contribution is 0.616. The van der Waals surface area contributed by atoms with Crippen LogP contribution in [0.25, 0.3) is 0 Å². The van der Waals surface area contributed by atoms with E-state index in [-0.39, 0.29) is 5.83 Å². The van der Waals surface area contributed by atoms with Crippen molar-refractivity contribution in [3.8, 4) is 0 Å². The summed E-state index contributed by atoms with van der Waals surface area (Å²) in [6.07, 6.45) is 5.03. The van der Waals surface area contributed by atoms with Gasteiger partial charge in [-0.15, -0.1) is 0 Å². The average molecular weight is 142 g/mol. The third-order valence-electron chi connectivity index (χ3n) is 1.53. The highest BCUT2D eigenvalue weighted by molar-refractivity contribution is 5.24. The van der Waals surface area contributed by atoms with E-state index in [1.807, 2.05) is 6.08 Å². The second-order valence-corrected chi connectivity index (χ2v) is 2.27. The number of nitrogens with one attached hydrogen (secondary N) is 1. The van der Waals surface area contributed by atoms with Gasteiger partial charge in [0.15, 0.2) is 0 Å². The second kappa shape index (κ2) is 3.49. The fourth-order valence-electron chi connectivity index (χ4n) is 0.978. The van der Waals surface area contributed by atoms with Crippen LogP contribution in [0.2, 0.25) is 0 Å². The maximum Gasteiger partial charge on any atom is 0.123 e. The number of hydrogen-bond acceptors (Lipinski definition) is 2. The van der Waals surface area contributed by atoms with Crippen LogP contribution >= 0.6 is 0 Å². The van der Waals surface area contributed by atoms with Gasteiger partial charge in [-0.05, 0) is 24.5 Å². The largest absolute Gasteiger partial charge is 0.271 e. The fraction of sp³-hybridized carbons (Fsp3) is 0.429. The molecule has 0 radical (unpaired) electrons. The Kier molecular flexibility index (Phi) is 2.59. The van der Waals surface area contributed by atoms with Crippen LogP contribution in [0.3, 0.4) is 0 Å². The van der Waals surface area contributed by atoms with Gasteiger partial charge in [0, 0.05) is 6.54 Å². The molecule has 0 aromatic carbocycles. The molecule has 0 atom stereocenters. The summed E-state index contributed by atoms with van der Waals surface area (Å²) in [5, 5.41) is 0. The predicted molar refractivity (Wildman–Crippen MR) is 38.7 cm³/mol. The van der Waals surface area contributed by atoms with Gasteiger partial charge in [-0.1, -0.05) is 6.08 Å². The molecule has 0 bridgehead atoms. The van der Waals surface area contributed by atoms with Crippen molar-refractivity contribution >= 4 is 0 Å². The third kappa shape index (κ3) is 1.65. The third-order valence-corrected chi connectivity index (χ3v) is 1.53. The lowest BCUT2D eigenvalue weighted by atomic mass is 10.0. The van der Waals surface area contributed by atoms with Gasteiger partial charge in [0.25, 0.3) is 0 Å². The van der Waals surface area contributed by atoms with Crippen LogP contribution in [0.1, 0.15) is 12.8 Å². The van der Waals surface area contributed by atoms with Gasteiger partial charge in [0.05, 0.1) is 0 Å². The van der Waals surface area contributed by atoms with Gasteiger partial charge < -0.3 is 0 Å². The monoisotopic (exact) mass is 142 g/mol. The maximum absolute atomic E-state index is 12.7. The summed E-state index contributed by atoms with van der Waals surface area (Å²) in [5.74, 6) is 4.91. The van der Waals surface area contributed by atoms with E-state index in [0.29, 0.717) is 6.54 Å². The van der Waals surface area contributed by atoms with E-state index in [1.54, 1.807) is 0 Å². The quantitative estimate of drug-likeness (QED) is 0.446. The molecule has 1 rings (SSSR count). The van der Waals surface area contributed by atoms with Crippen molar-refractivity contribution in [2.75, 3.05) is 6.54 Å². The van der Waals surface area contributed by atoms with Gasteiger partial charge >= 0.3 is 0 Å². The fourth-order valence-corrected chi connectivity index (χ4v) is 0.978. The molecule has 0 saturated carbocycles. The summed E-state index contributed by atoms with van der Waals surface area (Å²) >= 11 is 0. The molecular weight excluding hydrogens is 131 g/mol. The van der Waals surface area contributed by atoms with Crippen LogP contribution in [0.5, 0.6) is 0 Å². The van der Waals surface area contributed by atoms with E-state index in [4.69, 9.17) is 5.84 Å². The lowest BCUT2D eigenvalue weighted by Crippen LogP contribution is -2.25. The Balaban J connectivity index is 2.60. The number of hydrogen-bond donors (Lipinski definition) is 2. The van der Waals surface area contributed by atoms with Crippen molar-refractivity contribution in [1.82, 2.24) is 5.43 Å². The molecule has 0 amide bonds. The van der Waals surface area contributed by atoms with Crippen molar-refractivity contribution < 1.29 is 4.39 Å². The number of hydrazine groups is 1. The van der Waals surface area contributed by atoms with Gasteiger partial charge in [0.1, 0.15) is 5.83 Å². The smallest absolute Gasteiger partial charge is 0.123 e. The van der Waals surface area contributed by atoms with Crippen LogP contribution in [-0.4, -0.2) is 6.54 Å². The van der Waals surface area contributed by atoms with Gasteiger partial charge in [0.2, 0.25) is 0 Å². The molecule has 0 fully saturated rings. The molecule has 2 nitrogen and oxygen atoms in total. The van der Waals surface area contributed by atoms with Crippen molar-refractivity contribution in [1.29, 1.82) is 0 Å². The summed E-state index contributed by atoms with van der Waals surface area (Å²) in [4.78, 5) is 0. The molecule has 0 saturated heterocycles. The Morgan fingerprint density at radius 1 is 1.70 bits per heavy atom. The van der Waals surface area contributed by atoms with Crippen molar-refractivity contribution in [2.24, 2.45) is 5.84 Å². The van der Waals surface area contributed by atoms with E-state index < -0.39 is 0 Å². The Morgan fingerprint density at radius 2 is 2.50 bits per heavy atom. The molecule has 0 aromatic rings. The summed E-state index contributed by atoms with van der Waals surface area (Å²) in [7, 11) is 0. The van der Waals surface area contributed by atoms with Crippen LogP contribution in [-0.2, 0) is 0 Å². The number of rotatable bonds is 2. The molecule has 1 aliphatic carbocycles. The predicted octanol–water partition coefficient (Wildman–Crippen LogP) is 1.02. The van der Waals surface area contributed by atoms with Crippen molar-refractivity contribution in [3.05, 3.63) is 23.6 Å². The maximum atomic E-state index is 12.7. The van der Waals surface area contributed by atoms with E-state index >= 15 is 0 Å². The van der Waals surface area contributed by atoms with E-state index in [1.165, 1.54) is 6.08 Å². The molecular formula is C7H11FN2. The van der Waals surface area contributed by atoms with Gasteiger partial charge in [-0.3, -0.25) is 11.3 Å². The Bertz CT molecular complexity index is 172. The zero-order valence-electron chi connectivity index (χ0n) is 5.73.